The number of nitrogens with zero attached hydrogens (tertiary/aromatic N) is 6. The van der Waals surface area contributed by atoms with Crippen LogP contribution >= 0.6 is 0 Å². The Balaban J connectivity index is 1.71. The van der Waals surface area contributed by atoms with Gasteiger partial charge < -0.3 is 10.2 Å². The highest BCUT2D eigenvalue weighted by Gasteiger charge is 2.25. The third kappa shape index (κ3) is 4.10. The molecule has 0 unspecified atom stereocenters. The molecule has 0 radical (unpaired) electrons. The van der Waals surface area contributed by atoms with Gasteiger partial charge in [-0.25, -0.2) is 4.79 Å². The highest BCUT2D eigenvalue weighted by molar-refractivity contribution is 5.95. The number of ketones is 1. The lowest BCUT2D eigenvalue weighted by Crippen LogP contribution is -2.44. The topological polar surface area (TPSA) is 118 Å². The van der Waals surface area contributed by atoms with Crippen molar-refractivity contribution in [2.24, 2.45) is 7.05 Å². The Kier molecular flexibility index (Phi) is 6.23. The molecule has 0 atom stereocenters. The molecule has 2 aromatic heterocycles. The zero-order chi connectivity index (χ0) is 25.2. The normalized spacial score (nSPS) is 13.6. The number of nitriles is 1. The molecule has 10 heteroatoms. The predicted octanol–water partition coefficient (Wildman–Crippen LogP) is 1.11. The first-order valence-electron chi connectivity index (χ1n) is 11.7. The predicted molar refractivity (Wildman–Crippen MR) is 135 cm³/mol. The number of aryl methyl sites for hydroxylation is 1. The molecular weight excluding hydrogens is 458 g/mol. The number of Topliss-reactive ketones (excluding diaryl/α,β-unsaturated/α-hetero) is 1. The van der Waals surface area contributed by atoms with Gasteiger partial charge in [0.2, 0.25) is 5.95 Å². The average Bonchev–Trinajstić information content (AvgIpc) is 3.30. The molecule has 0 amide bonds. The van der Waals surface area contributed by atoms with Crippen LogP contribution in [-0.4, -0.2) is 50.6 Å². The quantitative estimate of drug-likeness (QED) is 0.408. The van der Waals surface area contributed by atoms with E-state index in [-0.39, 0.29) is 30.0 Å². The first-order chi connectivity index (χ1) is 17.5. The Labute approximate surface area is 206 Å². The van der Waals surface area contributed by atoms with E-state index in [1.165, 1.54) is 4.57 Å². The van der Waals surface area contributed by atoms with Crippen LogP contribution in [0, 0.1) is 11.3 Å². The minimum Gasteiger partial charge on any atom is -0.340 e. The van der Waals surface area contributed by atoms with Gasteiger partial charge in [-0.1, -0.05) is 48.5 Å². The summed E-state index contributed by atoms with van der Waals surface area (Å²) in [5.74, 6) is 0.218. The zero-order valence-electron chi connectivity index (χ0n) is 19.8. The Morgan fingerprint density at radius 2 is 1.72 bits per heavy atom. The summed E-state index contributed by atoms with van der Waals surface area (Å²) in [4.78, 5) is 46.6. The van der Waals surface area contributed by atoms with E-state index in [2.05, 4.69) is 16.3 Å². The van der Waals surface area contributed by atoms with Gasteiger partial charge in [0, 0.05) is 38.8 Å². The van der Waals surface area contributed by atoms with Crippen LogP contribution in [0.2, 0.25) is 0 Å². The summed E-state index contributed by atoms with van der Waals surface area (Å²) >= 11 is 0. The fourth-order valence-electron chi connectivity index (χ4n) is 4.55. The molecule has 36 heavy (non-hydrogen) atoms. The van der Waals surface area contributed by atoms with Crippen LogP contribution < -0.4 is 21.5 Å². The molecule has 4 aromatic rings. The van der Waals surface area contributed by atoms with E-state index in [1.807, 2.05) is 12.1 Å². The molecule has 0 spiro atoms. The molecule has 1 aliphatic rings. The lowest BCUT2D eigenvalue weighted by atomic mass is 10.1. The van der Waals surface area contributed by atoms with E-state index in [0.29, 0.717) is 30.2 Å². The van der Waals surface area contributed by atoms with Crippen LogP contribution in [-0.2, 0) is 20.1 Å². The number of imidazole rings is 1. The number of nitrogens with one attached hydrogen (secondary N) is 1. The van der Waals surface area contributed by atoms with Crippen molar-refractivity contribution >= 4 is 22.9 Å². The third-order valence-electron chi connectivity index (χ3n) is 6.48. The summed E-state index contributed by atoms with van der Waals surface area (Å²) in [7, 11) is 1.55. The van der Waals surface area contributed by atoms with Crippen molar-refractivity contribution < 1.29 is 4.79 Å². The highest BCUT2D eigenvalue weighted by Crippen LogP contribution is 2.23. The number of hydrogen-bond acceptors (Lipinski definition) is 7. The van der Waals surface area contributed by atoms with Gasteiger partial charge in [-0.15, -0.1) is 0 Å². The zero-order valence-corrected chi connectivity index (χ0v) is 19.8. The van der Waals surface area contributed by atoms with E-state index in [9.17, 15) is 19.6 Å². The summed E-state index contributed by atoms with van der Waals surface area (Å²) in [6.45, 7) is 2.71. The minimum absolute atomic E-state index is 0.222. The fourth-order valence-corrected chi connectivity index (χ4v) is 4.55. The van der Waals surface area contributed by atoms with Crippen molar-refractivity contribution in [1.29, 1.82) is 5.26 Å². The minimum atomic E-state index is -0.606. The number of carbonyl (C=O) groups is 1. The van der Waals surface area contributed by atoms with E-state index in [1.54, 1.807) is 54.1 Å². The van der Waals surface area contributed by atoms with Gasteiger partial charge in [-0.2, -0.15) is 10.2 Å². The van der Waals surface area contributed by atoms with Gasteiger partial charge in [0.05, 0.1) is 24.7 Å². The van der Waals surface area contributed by atoms with Crippen LogP contribution in [0.15, 0.2) is 64.2 Å². The number of piperazine rings is 1. The first-order valence-corrected chi connectivity index (χ1v) is 11.7. The number of fused-ring (bicyclic) bond motifs is 1. The molecule has 182 valence electrons. The Hall–Kier alpha value is -4.49. The van der Waals surface area contributed by atoms with E-state index in [4.69, 9.17) is 4.98 Å². The van der Waals surface area contributed by atoms with Gasteiger partial charge in [-0.05, 0) is 11.6 Å². The Bertz CT molecular complexity index is 1600. The number of carbonyl (C=O) groups excluding carboxylic acids is 1. The number of hydrogen-bond donors (Lipinski definition) is 1. The van der Waals surface area contributed by atoms with Crippen molar-refractivity contribution in [3.63, 3.8) is 0 Å². The molecule has 0 aliphatic carbocycles. The van der Waals surface area contributed by atoms with Gasteiger partial charge >= 0.3 is 5.69 Å². The van der Waals surface area contributed by atoms with Crippen LogP contribution in [0.3, 0.4) is 0 Å². The molecule has 10 nitrogen and oxygen atoms in total. The number of anilines is 1. The molecule has 0 bridgehead atoms. The largest absolute Gasteiger partial charge is 0.340 e. The van der Waals surface area contributed by atoms with Crippen LogP contribution in [0.5, 0.6) is 0 Å². The van der Waals surface area contributed by atoms with Gasteiger partial charge in [0.1, 0.15) is 0 Å². The molecule has 1 aliphatic heterocycles. The average molecular weight is 484 g/mol. The SMILES string of the molecule is Cn1c(=O)n(CC(=O)c2ccccc2)c(=O)c2c1nc(N1CCNCC1)n2Cc1ccccc1C#N. The fraction of sp³-hybridized carbons (Fsp3) is 0.269. The van der Waals surface area contributed by atoms with Crippen molar-refractivity contribution in [1.82, 2.24) is 24.0 Å². The van der Waals surface area contributed by atoms with Crippen LogP contribution in [0.4, 0.5) is 5.95 Å². The Morgan fingerprint density at radius 3 is 2.44 bits per heavy atom. The van der Waals surface area contributed by atoms with Crippen LogP contribution in [0.1, 0.15) is 21.5 Å². The van der Waals surface area contributed by atoms with E-state index >= 15 is 0 Å². The summed E-state index contributed by atoms with van der Waals surface area (Å²) in [6, 6.07) is 18.0. The Morgan fingerprint density at radius 1 is 1.03 bits per heavy atom. The second kappa shape index (κ2) is 9.64. The number of aromatic nitrogens is 4. The van der Waals surface area contributed by atoms with Gasteiger partial charge in [0.15, 0.2) is 16.9 Å². The number of benzene rings is 2. The smallest absolute Gasteiger partial charge is 0.332 e. The molecule has 0 saturated carbocycles. The lowest BCUT2D eigenvalue weighted by Gasteiger charge is -2.28. The van der Waals surface area contributed by atoms with Crippen molar-refractivity contribution in [3.05, 3.63) is 92.1 Å². The summed E-state index contributed by atoms with van der Waals surface area (Å²) in [6.07, 6.45) is 0. The maximum Gasteiger partial charge on any atom is 0.332 e. The molecule has 2 aromatic carbocycles. The molecule has 1 saturated heterocycles. The molecule has 3 heterocycles. The van der Waals surface area contributed by atoms with Gasteiger partial charge in [0.25, 0.3) is 5.56 Å². The van der Waals surface area contributed by atoms with Gasteiger partial charge in [-0.3, -0.25) is 23.3 Å². The second-order valence-electron chi connectivity index (χ2n) is 8.70. The number of rotatable bonds is 6. The maximum absolute atomic E-state index is 13.8. The standard InChI is InChI=1S/C26H25N7O3/c1-30-23-22(24(35)33(26(30)36)17-21(34)18-7-3-2-4-8-18)32(16-20-10-6-5-9-19(20)15-27)25(29-23)31-13-11-28-12-14-31/h2-10,28H,11-14,16-17H2,1H3. The lowest BCUT2D eigenvalue weighted by molar-refractivity contribution is 0.0969. The molecule has 5 rings (SSSR count). The maximum atomic E-state index is 13.8. The van der Waals surface area contributed by atoms with Crippen LogP contribution in [0.25, 0.3) is 11.2 Å². The molecular formula is C26H25N7O3. The molecule has 1 N–H and O–H groups in total. The van der Waals surface area contributed by atoms with Crippen molar-refractivity contribution in [2.45, 2.75) is 13.1 Å². The third-order valence-corrected chi connectivity index (χ3v) is 6.48. The van der Waals surface area contributed by atoms with Crippen molar-refractivity contribution in [3.8, 4) is 6.07 Å². The van der Waals surface area contributed by atoms with E-state index in [0.717, 1.165) is 23.2 Å². The second-order valence-corrected chi connectivity index (χ2v) is 8.70. The highest BCUT2D eigenvalue weighted by atomic mass is 16.2. The summed E-state index contributed by atoms with van der Waals surface area (Å²) in [5.41, 5.74) is 0.928. The first kappa shape index (κ1) is 23.3. The van der Waals surface area contributed by atoms with E-state index < -0.39 is 11.2 Å². The molecule has 1 fully saturated rings. The van der Waals surface area contributed by atoms with Crippen molar-refractivity contribution in [2.75, 3.05) is 31.1 Å². The monoisotopic (exact) mass is 483 g/mol. The summed E-state index contributed by atoms with van der Waals surface area (Å²) in [5, 5.41) is 12.9. The summed E-state index contributed by atoms with van der Waals surface area (Å²) < 4.78 is 4.04.